The van der Waals surface area contributed by atoms with Crippen molar-refractivity contribution in [3.05, 3.63) is 51.5 Å². The Morgan fingerprint density at radius 3 is 2.78 bits per heavy atom. The number of likely N-dealkylation sites (tertiary alicyclic amines) is 1. The molecule has 6 heteroatoms. The van der Waals surface area contributed by atoms with E-state index < -0.39 is 12.0 Å². The highest BCUT2D eigenvalue weighted by Crippen LogP contribution is 2.26. The van der Waals surface area contributed by atoms with Crippen LogP contribution in [0.1, 0.15) is 38.8 Å². The topological polar surface area (TPSA) is 70.5 Å². The van der Waals surface area contributed by atoms with Gasteiger partial charge in [-0.3, -0.25) is 4.79 Å². The number of aliphatic carboxylic acids is 1. The van der Waals surface area contributed by atoms with Gasteiger partial charge in [-0.25, -0.2) is 9.78 Å². The summed E-state index contributed by atoms with van der Waals surface area (Å²) in [5.41, 5.74) is 1.83. The zero-order valence-corrected chi connectivity index (χ0v) is 13.7. The number of benzene rings is 1. The Kier molecular flexibility index (Phi) is 4.43. The maximum absolute atomic E-state index is 12.7. The first-order valence-electron chi connectivity index (χ1n) is 7.60. The lowest BCUT2D eigenvalue weighted by Crippen LogP contribution is -2.40. The van der Waals surface area contributed by atoms with Gasteiger partial charge in [0, 0.05) is 13.0 Å². The molecular formula is C17H18N2O3S. The highest BCUT2D eigenvalue weighted by molar-refractivity contribution is 7.13. The van der Waals surface area contributed by atoms with E-state index in [-0.39, 0.29) is 5.91 Å². The Morgan fingerprint density at radius 2 is 2.09 bits per heavy atom. The number of thiazole rings is 1. The number of carboxylic acid groups (broad SMARTS) is 1. The van der Waals surface area contributed by atoms with Crippen LogP contribution < -0.4 is 0 Å². The summed E-state index contributed by atoms with van der Waals surface area (Å²) < 4.78 is 0. The van der Waals surface area contributed by atoms with E-state index in [1.807, 2.05) is 37.3 Å². The Balaban J connectivity index is 1.80. The van der Waals surface area contributed by atoms with E-state index >= 15 is 0 Å². The van der Waals surface area contributed by atoms with Gasteiger partial charge >= 0.3 is 5.97 Å². The summed E-state index contributed by atoms with van der Waals surface area (Å²) in [6, 6.07) is 9.26. The Morgan fingerprint density at radius 1 is 1.35 bits per heavy atom. The molecule has 1 aliphatic heterocycles. The summed E-state index contributed by atoms with van der Waals surface area (Å²) in [5, 5.41) is 10.1. The van der Waals surface area contributed by atoms with E-state index in [1.54, 1.807) is 0 Å². The molecule has 0 aliphatic carbocycles. The molecule has 0 radical (unpaired) electrons. The van der Waals surface area contributed by atoms with E-state index in [0.29, 0.717) is 30.0 Å². The predicted octanol–water partition coefficient (Wildman–Crippen LogP) is 2.73. The summed E-state index contributed by atoms with van der Waals surface area (Å²) in [4.78, 5) is 30.5. The van der Waals surface area contributed by atoms with Crippen molar-refractivity contribution in [1.82, 2.24) is 9.88 Å². The molecule has 5 nitrogen and oxygen atoms in total. The van der Waals surface area contributed by atoms with E-state index in [9.17, 15) is 14.7 Å². The van der Waals surface area contributed by atoms with Crippen molar-refractivity contribution in [2.75, 3.05) is 6.54 Å². The van der Waals surface area contributed by atoms with Gasteiger partial charge in [0.1, 0.15) is 10.9 Å². The smallest absolute Gasteiger partial charge is 0.326 e. The van der Waals surface area contributed by atoms with Gasteiger partial charge in [-0.1, -0.05) is 30.3 Å². The first-order valence-corrected chi connectivity index (χ1v) is 8.42. The highest BCUT2D eigenvalue weighted by Gasteiger charge is 2.35. The number of aromatic nitrogens is 1. The van der Waals surface area contributed by atoms with Crippen molar-refractivity contribution in [3.63, 3.8) is 0 Å². The fourth-order valence-electron chi connectivity index (χ4n) is 2.89. The number of carbonyl (C=O) groups is 2. The molecule has 1 aromatic heterocycles. The normalized spacial score (nSPS) is 17.4. The number of aryl methyl sites for hydroxylation is 1. The summed E-state index contributed by atoms with van der Waals surface area (Å²) in [6.45, 7) is 2.31. The molecule has 2 heterocycles. The average Bonchev–Trinajstić information content (AvgIpc) is 3.14. The Bertz CT molecular complexity index is 727. The minimum atomic E-state index is -0.928. The Hall–Kier alpha value is -2.21. The molecule has 0 bridgehead atoms. The molecule has 1 amide bonds. The standard InChI is InChI=1S/C17H18N2O3S/c1-11-15(16(20)19-9-5-8-13(19)17(21)22)23-14(18-11)10-12-6-3-2-4-7-12/h2-4,6-7,13H,5,8-10H2,1H3,(H,21,22)/t13-/m1/s1. The number of carboxylic acids is 1. The molecule has 120 valence electrons. The minimum Gasteiger partial charge on any atom is -0.480 e. The van der Waals surface area contributed by atoms with Crippen molar-refractivity contribution < 1.29 is 14.7 Å². The van der Waals surface area contributed by atoms with Crippen LogP contribution in [-0.4, -0.2) is 39.5 Å². The molecule has 1 fully saturated rings. The van der Waals surface area contributed by atoms with Gasteiger partial charge in [0.05, 0.1) is 10.7 Å². The van der Waals surface area contributed by atoms with Crippen LogP contribution in [0.15, 0.2) is 30.3 Å². The van der Waals surface area contributed by atoms with Crippen molar-refractivity contribution in [3.8, 4) is 0 Å². The summed E-state index contributed by atoms with van der Waals surface area (Å²) >= 11 is 1.37. The molecule has 3 rings (SSSR count). The number of amides is 1. The molecule has 0 saturated carbocycles. The van der Waals surface area contributed by atoms with Crippen molar-refractivity contribution >= 4 is 23.2 Å². The fourth-order valence-corrected chi connectivity index (χ4v) is 3.95. The zero-order valence-electron chi connectivity index (χ0n) is 12.9. The third-order valence-electron chi connectivity index (χ3n) is 4.03. The van der Waals surface area contributed by atoms with Crippen molar-refractivity contribution in [1.29, 1.82) is 0 Å². The number of rotatable bonds is 4. The van der Waals surface area contributed by atoms with E-state index in [4.69, 9.17) is 0 Å². The quantitative estimate of drug-likeness (QED) is 0.936. The maximum atomic E-state index is 12.7. The van der Waals surface area contributed by atoms with E-state index in [0.717, 1.165) is 17.0 Å². The first-order chi connectivity index (χ1) is 11.1. The average molecular weight is 330 g/mol. The van der Waals surface area contributed by atoms with Crippen LogP contribution in [0.2, 0.25) is 0 Å². The van der Waals surface area contributed by atoms with Gasteiger partial charge in [0.2, 0.25) is 0 Å². The lowest BCUT2D eigenvalue weighted by molar-refractivity contribution is -0.141. The van der Waals surface area contributed by atoms with Crippen LogP contribution in [0.5, 0.6) is 0 Å². The van der Waals surface area contributed by atoms with Crippen LogP contribution in [-0.2, 0) is 11.2 Å². The molecule has 1 atom stereocenters. The summed E-state index contributed by atoms with van der Waals surface area (Å²) in [7, 11) is 0. The number of hydrogen-bond acceptors (Lipinski definition) is 4. The zero-order chi connectivity index (χ0) is 16.4. The predicted molar refractivity (Wildman–Crippen MR) is 87.8 cm³/mol. The van der Waals surface area contributed by atoms with E-state index in [1.165, 1.54) is 16.2 Å². The second-order valence-corrected chi connectivity index (χ2v) is 6.76. The van der Waals surface area contributed by atoms with Gasteiger partial charge in [-0.2, -0.15) is 0 Å². The molecule has 0 spiro atoms. The highest BCUT2D eigenvalue weighted by atomic mass is 32.1. The fraction of sp³-hybridized carbons (Fsp3) is 0.353. The second-order valence-electron chi connectivity index (χ2n) is 5.68. The molecule has 1 N–H and O–H groups in total. The maximum Gasteiger partial charge on any atom is 0.326 e. The van der Waals surface area contributed by atoms with Crippen molar-refractivity contribution in [2.45, 2.75) is 32.2 Å². The lowest BCUT2D eigenvalue weighted by atomic mass is 10.2. The summed E-state index contributed by atoms with van der Waals surface area (Å²) in [6.07, 6.45) is 1.94. The third kappa shape index (κ3) is 3.27. The molecular weight excluding hydrogens is 312 g/mol. The monoisotopic (exact) mass is 330 g/mol. The Labute approximate surface area is 138 Å². The molecule has 2 aromatic rings. The van der Waals surface area contributed by atoms with Gasteiger partial charge in [-0.15, -0.1) is 11.3 Å². The number of nitrogens with zero attached hydrogens (tertiary/aromatic N) is 2. The van der Waals surface area contributed by atoms with Gasteiger partial charge in [0.25, 0.3) is 5.91 Å². The van der Waals surface area contributed by atoms with Crippen LogP contribution in [0.3, 0.4) is 0 Å². The van der Waals surface area contributed by atoms with Crippen LogP contribution in [0, 0.1) is 6.92 Å². The van der Waals surface area contributed by atoms with Crippen LogP contribution in [0.25, 0.3) is 0 Å². The molecule has 1 saturated heterocycles. The van der Waals surface area contributed by atoms with Gasteiger partial charge in [-0.05, 0) is 25.3 Å². The van der Waals surface area contributed by atoms with Gasteiger partial charge in [0.15, 0.2) is 0 Å². The minimum absolute atomic E-state index is 0.204. The number of carbonyl (C=O) groups excluding carboxylic acids is 1. The lowest BCUT2D eigenvalue weighted by Gasteiger charge is -2.20. The van der Waals surface area contributed by atoms with Crippen molar-refractivity contribution in [2.24, 2.45) is 0 Å². The SMILES string of the molecule is Cc1nc(Cc2ccccc2)sc1C(=O)N1CCC[C@@H]1C(=O)O. The van der Waals surface area contributed by atoms with Gasteiger partial charge < -0.3 is 10.0 Å². The first kappa shape index (κ1) is 15.7. The third-order valence-corrected chi connectivity index (χ3v) is 5.18. The molecule has 0 unspecified atom stereocenters. The largest absolute Gasteiger partial charge is 0.480 e. The van der Waals surface area contributed by atoms with E-state index in [2.05, 4.69) is 4.98 Å². The molecule has 23 heavy (non-hydrogen) atoms. The number of hydrogen-bond donors (Lipinski definition) is 1. The van der Waals surface area contributed by atoms with Crippen LogP contribution in [0.4, 0.5) is 0 Å². The second kappa shape index (κ2) is 6.50. The molecule has 1 aliphatic rings. The molecule has 1 aromatic carbocycles. The summed E-state index contributed by atoms with van der Waals surface area (Å²) in [5.74, 6) is -1.13. The van der Waals surface area contributed by atoms with Crippen LogP contribution >= 0.6 is 11.3 Å².